The largest absolute Gasteiger partial charge is 0.494 e. The molecule has 1 rings (SSSR count). The third-order valence-corrected chi connectivity index (χ3v) is 2.85. The summed E-state index contributed by atoms with van der Waals surface area (Å²) in [5, 5.41) is 0. The number of hydrogen-bond donors (Lipinski definition) is 0. The van der Waals surface area contributed by atoms with E-state index in [1.807, 2.05) is 12.1 Å². The molecular weight excluding hydrogens is 299 g/mol. The fourth-order valence-electron chi connectivity index (χ4n) is 1.30. The highest BCUT2D eigenvalue weighted by molar-refractivity contribution is 14.1. The quantitative estimate of drug-likeness (QED) is 0.533. The minimum atomic E-state index is 0.820. The first kappa shape index (κ1) is 12.8. The van der Waals surface area contributed by atoms with Crippen LogP contribution in [0.5, 0.6) is 5.75 Å². The molecule has 0 aliphatic carbocycles. The molecule has 1 nitrogen and oxygen atoms in total. The van der Waals surface area contributed by atoms with Gasteiger partial charge in [-0.3, -0.25) is 0 Å². The Morgan fingerprint density at radius 3 is 2.60 bits per heavy atom. The van der Waals surface area contributed by atoms with E-state index in [9.17, 15) is 0 Å². The Bertz CT molecular complexity index is 256. The van der Waals surface area contributed by atoms with Gasteiger partial charge in [-0.2, -0.15) is 0 Å². The average Bonchev–Trinajstić information content (AvgIpc) is 2.26. The van der Waals surface area contributed by atoms with Gasteiger partial charge in [0.2, 0.25) is 0 Å². The molecule has 0 N–H and O–H groups in total. The Morgan fingerprint density at radius 1 is 1.20 bits per heavy atom. The van der Waals surface area contributed by atoms with Gasteiger partial charge < -0.3 is 4.74 Å². The van der Waals surface area contributed by atoms with Gasteiger partial charge in [0.25, 0.3) is 0 Å². The summed E-state index contributed by atoms with van der Waals surface area (Å²) in [4.78, 5) is 0. The number of benzene rings is 1. The number of ether oxygens (including phenoxy) is 1. The van der Waals surface area contributed by atoms with Gasteiger partial charge in [-0.05, 0) is 66.1 Å². The molecule has 15 heavy (non-hydrogen) atoms. The molecule has 0 saturated carbocycles. The highest BCUT2D eigenvalue weighted by Crippen LogP contribution is 2.14. The van der Waals surface area contributed by atoms with Gasteiger partial charge in [0.15, 0.2) is 0 Å². The number of hydrogen-bond acceptors (Lipinski definition) is 1. The number of rotatable bonds is 7. The molecule has 0 aliphatic heterocycles. The van der Waals surface area contributed by atoms with Crippen molar-refractivity contribution in [3.05, 3.63) is 34.3 Å². The minimum absolute atomic E-state index is 0.820. The molecule has 0 fully saturated rings. The summed E-state index contributed by atoms with van der Waals surface area (Å²) in [6, 6.07) is 8.19. The molecule has 2 heteroatoms. The van der Waals surface area contributed by atoms with Crippen molar-refractivity contribution in [1.82, 2.24) is 0 Å². The van der Waals surface area contributed by atoms with Gasteiger partial charge >= 0.3 is 0 Å². The first-order valence-corrected chi connectivity index (χ1v) is 6.61. The molecule has 1 radical (unpaired) electrons. The van der Waals surface area contributed by atoms with Crippen LogP contribution in [0.25, 0.3) is 0 Å². The van der Waals surface area contributed by atoms with Crippen LogP contribution < -0.4 is 4.74 Å². The van der Waals surface area contributed by atoms with Gasteiger partial charge in [0, 0.05) is 3.57 Å². The zero-order valence-corrected chi connectivity index (χ0v) is 11.4. The predicted octanol–water partition coefficient (Wildman–Crippen LogP) is 4.45. The first-order chi connectivity index (χ1) is 7.33. The molecule has 0 unspecified atom stereocenters. The van der Waals surface area contributed by atoms with E-state index < -0.39 is 0 Å². The van der Waals surface area contributed by atoms with E-state index >= 15 is 0 Å². The number of halogens is 1. The maximum absolute atomic E-state index is 5.62. The molecule has 1 aromatic rings. The minimum Gasteiger partial charge on any atom is -0.494 e. The summed E-state index contributed by atoms with van der Waals surface area (Å²) in [7, 11) is 0. The van der Waals surface area contributed by atoms with Crippen LogP contribution in [-0.4, -0.2) is 6.61 Å². The van der Waals surface area contributed by atoms with Gasteiger partial charge in [0.05, 0.1) is 6.61 Å². The highest BCUT2D eigenvalue weighted by atomic mass is 127. The molecule has 83 valence electrons. The van der Waals surface area contributed by atoms with Crippen LogP contribution in [0, 0.1) is 9.99 Å². The summed E-state index contributed by atoms with van der Waals surface area (Å²) in [5.41, 5.74) is 0. The summed E-state index contributed by atoms with van der Waals surface area (Å²) < 4.78 is 6.86. The van der Waals surface area contributed by atoms with Gasteiger partial charge in [-0.25, -0.2) is 0 Å². The second-order valence-electron chi connectivity index (χ2n) is 3.52. The second kappa shape index (κ2) is 7.97. The lowest BCUT2D eigenvalue weighted by molar-refractivity contribution is 0.310. The fraction of sp³-hybridized carbons (Fsp3) is 0.462. The van der Waals surface area contributed by atoms with Crippen molar-refractivity contribution in [3.8, 4) is 5.75 Å². The summed E-state index contributed by atoms with van der Waals surface area (Å²) >= 11 is 2.30. The number of unbranched alkanes of at least 4 members (excludes halogenated alkanes) is 4. The highest BCUT2D eigenvalue weighted by Gasteiger charge is 1.93. The molecule has 0 atom stereocenters. The Balaban J connectivity index is 2.07. The van der Waals surface area contributed by atoms with Crippen LogP contribution in [-0.2, 0) is 0 Å². The van der Waals surface area contributed by atoms with E-state index in [-0.39, 0.29) is 0 Å². The lowest BCUT2D eigenvalue weighted by Crippen LogP contribution is -1.97. The fourth-order valence-corrected chi connectivity index (χ4v) is 1.66. The van der Waals surface area contributed by atoms with E-state index in [0.29, 0.717) is 0 Å². The monoisotopic (exact) mass is 317 g/mol. The average molecular weight is 317 g/mol. The SMILES string of the molecule is CCC[CH]CCCOc1ccc(I)cc1. The van der Waals surface area contributed by atoms with Crippen LogP contribution in [0.4, 0.5) is 0 Å². The van der Waals surface area contributed by atoms with E-state index in [1.165, 1.54) is 16.4 Å². The Morgan fingerprint density at radius 2 is 1.93 bits per heavy atom. The molecule has 0 saturated heterocycles. The summed E-state index contributed by atoms with van der Waals surface area (Å²) in [5.74, 6) is 0.978. The summed E-state index contributed by atoms with van der Waals surface area (Å²) in [6.07, 6.45) is 7.10. The topological polar surface area (TPSA) is 9.23 Å². The van der Waals surface area contributed by atoms with E-state index in [0.717, 1.165) is 25.2 Å². The van der Waals surface area contributed by atoms with Crippen molar-refractivity contribution in [2.45, 2.75) is 32.6 Å². The van der Waals surface area contributed by atoms with Crippen molar-refractivity contribution in [3.63, 3.8) is 0 Å². The molecular formula is C13H18IO. The first-order valence-electron chi connectivity index (χ1n) is 5.53. The Kier molecular flexibility index (Phi) is 6.81. The molecule has 1 aromatic carbocycles. The van der Waals surface area contributed by atoms with Crippen LogP contribution in [0.3, 0.4) is 0 Å². The standard InChI is InChI=1S/C13H18IO/c1-2-3-4-5-6-11-15-13-9-7-12(14)8-10-13/h4,7-10H,2-3,5-6,11H2,1H3. The third-order valence-electron chi connectivity index (χ3n) is 2.13. The van der Waals surface area contributed by atoms with Crippen LogP contribution in [0.15, 0.2) is 24.3 Å². The van der Waals surface area contributed by atoms with Crippen LogP contribution in [0.1, 0.15) is 32.6 Å². The van der Waals surface area contributed by atoms with Crippen molar-refractivity contribution in [1.29, 1.82) is 0 Å². The van der Waals surface area contributed by atoms with Crippen LogP contribution in [0.2, 0.25) is 0 Å². The molecule has 0 aliphatic rings. The Labute approximate surface area is 106 Å². The van der Waals surface area contributed by atoms with Crippen LogP contribution >= 0.6 is 22.6 Å². The predicted molar refractivity (Wildman–Crippen MR) is 73.1 cm³/mol. The van der Waals surface area contributed by atoms with E-state index in [2.05, 4.69) is 48.1 Å². The van der Waals surface area contributed by atoms with E-state index in [4.69, 9.17) is 4.74 Å². The smallest absolute Gasteiger partial charge is 0.119 e. The molecule has 0 aromatic heterocycles. The lowest BCUT2D eigenvalue weighted by Gasteiger charge is -2.05. The van der Waals surface area contributed by atoms with E-state index in [1.54, 1.807) is 0 Å². The van der Waals surface area contributed by atoms with Gasteiger partial charge in [-0.1, -0.05) is 19.8 Å². The van der Waals surface area contributed by atoms with Crippen molar-refractivity contribution < 1.29 is 4.74 Å². The van der Waals surface area contributed by atoms with Crippen molar-refractivity contribution >= 4 is 22.6 Å². The molecule has 0 bridgehead atoms. The molecule has 0 spiro atoms. The third kappa shape index (κ3) is 6.03. The zero-order chi connectivity index (χ0) is 10.9. The normalized spacial score (nSPS) is 10.3. The summed E-state index contributed by atoms with van der Waals surface area (Å²) in [6.45, 7) is 3.03. The molecule has 0 heterocycles. The van der Waals surface area contributed by atoms with Crippen molar-refractivity contribution in [2.75, 3.05) is 6.61 Å². The second-order valence-corrected chi connectivity index (χ2v) is 4.77. The van der Waals surface area contributed by atoms with Gasteiger partial charge in [0.1, 0.15) is 5.75 Å². The Hall–Kier alpha value is -0.250. The van der Waals surface area contributed by atoms with Crippen molar-refractivity contribution in [2.24, 2.45) is 0 Å². The molecule has 0 amide bonds. The zero-order valence-electron chi connectivity index (χ0n) is 9.21. The van der Waals surface area contributed by atoms with Gasteiger partial charge in [-0.15, -0.1) is 0 Å². The lowest BCUT2D eigenvalue weighted by atomic mass is 10.2. The maximum atomic E-state index is 5.62. The maximum Gasteiger partial charge on any atom is 0.119 e.